The highest BCUT2D eigenvalue weighted by Gasteiger charge is 2.03. The molecule has 1 aromatic carbocycles. The molecule has 0 unspecified atom stereocenters. The molecule has 0 saturated carbocycles. The fourth-order valence-electron chi connectivity index (χ4n) is 2.46. The van der Waals surface area contributed by atoms with Crippen molar-refractivity contribution in [2.45, 2.75) is 26.7 Å². The van der Waals surface area contributed by atoms with Gasteiger partial charge in [-0.3, -0.25) is 4.99 Å². The Morgan fingerprint density at radius 2 is 1.78 bits per heavy atom. The number of guanidine groups is 1. The molecule has 0 atom stereocenters. The van der Waals surface area contributed by atoms with Gasteiger partial charge < -0.3 is 15.5 Å². The predicted molar refractivity (Wildman–Crippen MR) is 126 cm³/mol. The van der Waals surface area contributed by atoms with Gasteiger partial charge in [0.1, 0.15) is 0 Å². The summed E-state index contributed by atoms with van der Waals surface area (Å²) in [7, 11) is -3.11. The first-order valence-corrected chi connectivity index (χ1v) is 11.1. The number of anilines is 1. The van der Waals surface area contributed by atoms with E-state index < -0.39 is 10.0 Å². The molecule has 0 radical (unpaired) electrons. The van der Waals surface area contributed by atoms with Crippen molar-refractivity contribution < 1.29 is 8.42 Å². The van der Waals surface area contributed by atoms with Crippen molar-refractivity contribution in [2.24, 2.45) is 4.99 Å². The van der Waals surface area contributed by atoms with E-state index in [0.29, 0.717) is 19.5 Å². The fourth-order valence-corrected chi connectivity index (χ4v) is 2.97. The van der Waals surface area contributed by atoms with Gasteiger partial charge in [-0.2, -0.15) is 0 Å². The smallest absolute Gasteiger partial charge is 0.208 e. The van der Waals surface area contributed by atoms with E-state index in [4.69, 9.17) is 0 Å². The first-order chi connectivity index (χ1) is 12.5. The van der Waals surface area contributed by atoms with Gasteiger partial charge in [0.15, 0.2) is 5.96 Å². The number of nitrogens with one attached hydrogen (secondary N) is 3. The van der Waals surface area contributed by atoms with E-state index in [2.05, 4.69) is 56.4 Å². The number of para-hydroxylation sites is 1. The second-order valence-corrected chi connectivity index (χ2v) is 7.81. The van der Waals surface area contributed by atoms with Gasteiger partial charge in [0.25, 0.3) is 0 Å². The molecule has 1 rings (SSSR count). The molecule has 0 fully saturated rings. The van der Waals surface area contributed by atoms with Crippen LogP contribution in [0, 0.1) is 0 Å². The zero-order chi connectivity index (χ0) is 19.3. The van der Waals surface area contributed by atoms with Crippen LogP contribution < -0.4 is 20.3 Å². The van der Waals surface area contributed by atoms with Crippen LogP contribution in [0.15, 0.2) is 35.3 Å². The normalized spacial score (nSPS) is 11.6. The molecule has 0 heterocycles. The van der Waals surface area contributed by atoms with Crippen LogP contribution in [0.4, 0.5) is 5.69 Å². The number of nitrogens with zero attached hydrogens (tertiary/aromatic N) is 2. The lowest BCUT2D eigenvalue weighted by Gasteiger charge is -2.22. The summed E-state index contributed by atoms with van der Waals surface area (Å²) in [5.41, 5.74) is 1.24. The van der Waals surface area contributed by atoms with Crippen LogP contribution in [0.25, 0.3) is 0 Å². The minimum absolute atomic E-state index is 0. The summed E-state index contributed by atoms with van der Waals surface area (Å²) in [4.78, 5) is 6.93. The first kappa shape index (κ1) is 25.9. The number of hydrogen-bond donors (Lipinski definition) is 3. The maximum absolute atomic E-state index is 11.0. The average Bonchev–Trinajstić information content (AvgIpc) is 2.61. The Kier molecular flexibility index (Phi) is 14.3. The third kappa shape index (κ3) is 12.9. The minimum Gasteiger partial charge on any atom is -0.372 e. The van der Waals surface area contributed by atoms with Crippen LogP contribution in [0.1, 0.15) is 26.7 Å². The van der Waals surface area contributed by atoms with Gasteiger partial charge >= 0.3 is 0 Å². The molecule has 9 heteroatoms. The molecule has 7 nitrogen and oxygen atoms in total. The van der Waals surface area contributed by atoms with Gasteiger partial charge in [0.05, 0.1) is 6.26 Å². The molecule has 0 bridgehead atoms. The monoisotopic (exact) mass is 511 g/mol. The zero-order valence-electron chi connectivity index (χ0n) is 16.6. The van der Waals surface area contributed by atoms with Gasteiger partial charge in [-0.1, -0.05) is 18.2 Å². The first-order valence-electron chi connectivity index (χ1n) is 9.23. The Morgan fingerprint density at radius 1 is 1.07 bits per heavy atom. The van der Waals surface area contributed by atoms with Gasteiger partial charge in [-0.25, -0.2) is 13.1 Å². The Morgan fingerprint density at radius 3 is 2.37 bits per heavy atom. The molecule has 0 amide bonds. The Balaban J connectivity index is 0.00000676. The van der Waals surface area contributed by atoms with Crippen LogP contribution >= 0.6 is 24.0 Å². The van der Waals surface area contributed by atoms with Crippen LogP contribution in [0.3, 0.4) is 0 Å². The maximum atomic E-state index is 11.0. The van der Waals surface area contributed by atoms with Crippen LogP contribution in [0.2, 0.25) is 0 Å². The summed E-state index contributed by atoms with van der Waals surface area (Å²) in [6, 6.07) is 10.4. The molecule has 3 N–H and O–H groups in total. The molecule has 0 saturated heterocycles. The van der Waals surface area contributed by atoms with E-state index in [9.17, 15) is 8.42 Å². The minimum atomic E-state index is -3.11. The zero-order valence-corrected chi connectivity index (χ0v) is 19.7. The van der Waals surface area contributed by atoms with E-state index in [1.54, 1.807) is 0 Å². The summed E-state index contributed by atoms with van der Waals surface area (Å²) < 4.78 is 24.5. The molecule has 1 aromatic rings. The SMILES string of the molecule is CCNC(=NCCCN(CC)c1ccccc1)NCCCNS(C)(=O)=O.I. The van der Waals surface area contributed by atoms with Gasteiger partial charge in [0.2, 0.25) is 10.0 Å². The van der Waals surface area contributed by atoms with Crippen molar-refractivity contribution >= 4 is 45.6 Å². The largest absolute Gasteiger partial charge is 0.372 e. The molecule has 0 aromatic heterocycles. The third-order valence-corrected chi connectivity index (χ3v) is 4.44. The molecule has 0 aliphatic carbocycles. The number of hydrogen-bond acceptors (Lipinski definition) is 4. The number of halogens is 1. The highest BCUT2D eigenvalue weighted by atomic mass is 127. The highest BCUT2D eigenvalue weighted by Crippen LogP contribution is 2.12. The van der Waals surface area contributed by atoms with Gasteiger partial charge in [-0.15, -0.1) is 24.0 Å². The quantitative estimate of drug-likeness (QED) is 0.173. The summed E-state index contributed by atoms with van der Waals surface area (Å²) in [5.74, 6) is 0.773. The summed E-state index contributed by atoms with van der Waals surface area (Å²) in [5, 5.41) is 6.44. The van der Waals surface area contributed by atoms with Crippen LogP contribution in [-0.4, -0.2) is 59.9 Å². The number of aliphatic imine (C=N–C) groups is 1. The van der Waals surface area contributed by atoms with Crippen molar-refractivity contribution in [2.75, 3.05) is 50.4 Å². The number of sulfonamides is 1. The topological polar surface area (TPSA) is 85.8 Å². The lowest BCUT2D eigenvalue weighted by Crippen LogP contribution is -2.39. The molecular weight excluding hydrogens is 477 g/mol. The van der Waals surface area contributed by atoms with Crippen molar-refractivity contribution in [3.63, 3.8) is 0 Å². The lowest BCUT2D eigenvalue weighted by atomic mass is 10.2. The molecule has 0 aliphatic rings. The fraction of sp³-hybridized carbons (Fsp3) is 0.611. The second-order valence-electron chi connectivity index (χ2n) is 5.98. The lowest BCUT2D eigenvalue weighted by molar-refractivity contribution is 0.584. The summed E-state index contributed by atoms with van der Waals surface area (Å²) in [6.45, 7) is 8.73. The summed E-state index contributed by atoms with van der Waals surface area (Å²) in [6.07, 6.45) is 2.84. The number of benzene rings is 1. The molecule has 0 spiro atoms. The van der Waals surface area contributed by atoms with E-state index in [1.807, 2.05) is 13.0 Å². The molecule has 156 valence electrons. The van der Waals surface area contributed by atoms with Crippen molar-refractivity contribution in [1.29, 1.82) is 0 Å². The Bertz CT molecular complexity index is 626. The predicted octanol–water partition coefficient (Wildman–Crippen LogP) is 2.02. The highest BCUT2D eigenvalue weighted by molar-refractivity contribution is 14.0. The third-order valence-electron chi connectivity index (χ3n) is 3.71. The Hall–Kier alpha value is -1.07. The standard InChI is InChI=1S/C18H33N5O2S.HI/c1-4-19-18(20-13-9-15-22-26(3,24)25)21-14-10-16-23(5-2)17-11-7-6-8-12-17;/h6-8,11-12,22H,4-5,9-10,13-16H2,1-3H3,(H2,19,20,21);1H. The van der Waals surface area contributed by atoms with Crippen LogP contribution in [-0.2, 0) is 10.0 Å². The molecule has 27 heavy (non-hydrogen) atoms. The Labute approximate surface area is 181 Å². The van der Waals surface area contributed by atoms with Crippen molar-refractivity contribution in [3.8, 4) is 0 Å². The molecule has 0 aliphatic heterocycles. The van der Waals surface area contributed by atoms with Crippen molar-refractivity contribution in [1.82, 2.24) is 15.4 Å². The maximum Gasteiger partial charge on any atom is 0.208 e. The van der Waals surface area contributed by atoms with E-state index >= 15 is 0 Å². The van der Waals surface area contributed by atoms with E-state index in [-0.39, 0.29) is 24.0 Å². The second kappa shape index (κ2) is 14.9. The molecular formula is C18H34IN5O2S. The summed E-state index contributed by atoms with van der Waals surface area (Å²) >= 11 is 0. The van der Waals surface area contributed by atoms with Crippen LogP contribution in [0.5, 0.6) is 0 Å². The van der Waals surface area contributed by atoms with Gasteiger partial charge in [0, 0.05) is 45.0 Å². The number of rotatable bonds is 12. The van der Waals surface area contributed by atoms with E-state index in [0.717, 1.165) is 38.6 Å². The average molecular weight is 511 g/mol. The van der Waals surface area contributed by atoms with Crippen molar-refractivity contribution in [3.05, 3.63) is 30.3 Å². The van der Waals surface area contributed by atoms with Gasteiger partial charge in [-0.05, 0) is 38.8 Å². The van der Waals surface area contributed by atoms with E-state index in [1.165, 1.54) is 11.9 Å².